The van der Waals surface area contributed by atoms with Crippen molar-refractivity contribution in [2.45, 2.75) is 51.7 Å². The Kier molecular flexibility index (Phi) is 5.94. The monoisotopic (exact) mass is 462 g/mol. The molecular weight excluding hydrogens is 436 g/mol. The molecule has 1 saturated carbocycles. The van der Waals surface area contributed by atoms with E-state index >= 15 is 0 Å². The molecule has 33 heavy (non-hydrogen) atoms. The van der Waals surface area contributed by atoms with Gasteiger partial charge in [0.25, 0.3) is 5.56 Å². The molecule has 2 heterocycles. The van der Waals surface area contributed by atoms with Crippen LogP contribution in [-0.4, -0.2) is 26.3 Å². The second kappa shape index (κ2) is 9.02. The van der Waals surface area contributed by atoms with Gasteiger partial charge in [0.2, 0.25) is 5.91 Å². The van der Waals surface area contributed by atoms with E-state index in [1.807, 2.05) is 53.1 Å². The molecule has 0 unspecified atom stereocenters. The smallest absolute Gasteiger partial charge is 0.291 e. The molecule has 6 nitrogen and oxygen atoms in total. The molecule has 0 aliphatic heterocycles. The molecule has 170 valence electrons. The number of amides is 1. The van der Waals surface area contributed by atoms with E-state index in [2.05, 4.69) is 17.3 Å². The van der Waals surface area contributed by atoms with Crippen molar-refractivity contribution in [1.82, 2.24) is 19.7 Å². The summed E-state index contributed by atoms with van der Waals surface area (Å²) in [6.07, 6.45) is 6.15. The first kappa shape index (κ1) is 21.7. The number of nitrogens with one attached hydrogen (secondary N) is 1. The third-order valence-electron chi connectivity index (χ3n) is 6.75. The fourth-order valence-corrected chi connectivity index (χ4v) is 5.22. The Morgan fingerprint density at radius 3 is 2.76 bits per heavy atom. The van der Waals surface area contributed by atoms with Crippen LogP contribution in [0, 0.1) is 5.92 Å². The number of rotatable bonds is 5. The van der Waals surface area contributed by atoms with E-state index in [0.717, 1.165) is 41.1 Å². The highest BCUT2D eigenvalue weighted by molar-refractivity contribution is 6.30. The van der Waals surface area contributed by atoms with Crippen molar-refractivity contribution < 1.29 is 4.79 Å². The van der Waals surface area contributed by atoms with Crippen molar-refractivity contribution in [3.63, 3.8) is 0 Å². The van der Waals surface area contributed by atoms with E-state index in [0.29, 0.717) is 23.0 Å². The van der Waals surface area contributed by atoms with Crippen LogP contribution < -0.4 is 10.9 Å². The number of hydrogen-bond donors (Lipinski definition) is 1. The Morgan fingerprint density at radius 1 is 1.12 bits per heavy atom. The van der Waals surface area contributed by atoms with Crippen LogP contribution in [0.15, 0.2) is 59.5 Å². The Bertz CT molecular complexity index is 1390. The minimum Gasteiger partial charge on any atom is -0.351 e. The first-order chi connectivity index (χ1) is 16.0. The number of carbonyl (C=O) groups excluding carboxylic acids is 1. The van der Waals surface area contributed by atoms with Gasteiger partial charge in [0, 0.05) is 33.9 Å². The van der Waals surface area contributed by atoms with Crippen molar-refractivity contribution in [3.8, 4) is 0 Å². The van der Waals surface area contributed by atoms with Gasteiger partial charge >= 0.3 is 0 Å². The van der Waals surface area contributed by atoms with E-state index in [4.69, 9.17) is 11.6 Å². The summed E-state index contributed by atoms with van der Waals surface area (Å²) in [6, 6.07) is 15.7. The Morgan fingerprint density at radius 2 is 1.94 bits per heavy atom. The maximum atomic E-state index is 13.5. The van der Waals surface area contributed by atoms with Crippen molar-refractivity contribution in [1.29, 1.82) is 0 Å². The van der Waals surface area contributed by atoms with Gasteiger partial charge in [-0.25, -0.2) is 4.68 Å². The number of halogens is 1. The third-order valence-corrected chi connectivity index (χ3v) is 6.99. The zero-order valence-corrected chi connectivity index (χ0v) is 19.4. The van der Waals surface area contributed by atoms with Crippen LogP contribution in [0.5, 0.6) is 0 Å². The van der Waals surface area contributed by atoms with Crippen LogP contribution in [0.4, 0.5) is 0 Å². The second-order valence-electron chi connectivity index (χ2n) is 9.04. The number of para-hydroxylation sites is 1. The average Bonchev–Trinajstić information content (AvgIpc) is 3.11. The molecule has 0 saturated heterocycles. The molecule has 2 aromatic heterocycles. The first-order valence-corrected chi connectivity index (χ1v) is 11.9. The summed E-state index contributed by atoms with van der Waals surface area (Å²) in [7, 11) is 0. The fourth-order valence-electron chi connectivity index (χ4n) is 5.01. The second-order valence-corrected chi connectivity index (χ2v) is 9.48. The molecule has 0 radical (unpaired) electrons. The van der Waals surface area contributed by atoms with E-state index in [9.17, 15) is 9.59 Å². The number of aromatic nitrogens is 3. The SMILES string of the molecule is C[C@@H]1CCCC[C@@H]1NC(=O)Cn1ncc2c3ccccc3n(Cc3cccc(Cl)c3)c2c1=O. The highest BCUT2D eigenvalue weighted by Gasteiger charge is 2.23. The highest BCUT2D eigenvalue weighted by Crippen LogP contribution is 2.28. The Hall–Kier alpha value is -3.12. The summed E-state index contributed by atoms with van der Waals surface area (Å²) in [5, 5.41) is 9.88. The standard InChI is InChI=1S/C26H27ClN4O2/c1-17-7-2-4-11-22(17)29-24(32)16-31-26(33)25-21(14-28-31)20-10-3-5-12-23(20)30(25)15-18-8-6-9-19(27)13-18/h3,5-6,8-10,12-14,17,22H,2,4,7,11,15-16H2,1H3,(H,29,32)/t17-,22+/m1/s1. The topological polar surface area (TPSA) is 68.9 Å². The van der Waals surface area contributed by atoms with Crippen LogP contribution in [0.1, 0.15) is 38.2 Å². The summed E-state index contributed by atoms with van der Waals surface area (Å²) >= 11 is 6.20. The summed E-state index contributed by atoms with van der Waals surface area (Å²) in [6.45, 7) is 2.58. The maximum absolute atomic E-state index is 13.5. The average molecular weight is 463 g/mol. The van der Waals surface area contributed by atoms with Gasteiger partial charge in [-0.15, -0.1) is 0 Å². The zero-order valence-electron chi connectivity index (χ0n) is 18.6. The minimum absolute atomic E-state index is 0.0866. The first-order valence-electron chi connectivity index (χ1n) is 11.5. The lowest BCUT2D eigenvalue weighted by molar-refractivity contribution is -0.123. The number of nitrogens with zero attached hydrogens (tertiary/aromatic N) is 3. The van der Waals surface area contributed by atoms with Gasteiger partial charge in [-0.05, 0) is 42.5 Å². The molecule has 2 atom stereocenters. The quantitative estimate of drug-likeness (QED) is 0.465. The lowest BCUT2D eigenvalue weighted by atomic mass is 9.86. The Balaban J connectivity index is 1.53. The number of benzene rings is 2. The number of fused-ring (bicyclic) bond motifs is 3. The lowest BCUT2D eigenvalue weighted by Crippen LogP contribution is -2.43. The van der Waals surface area contributed by atoms with Crippen molar-refractivity contribution >= 4 is 39.3 Å². The van der Waals surface area contributed by atoms with Crippen molar-refractivity contribution in [2.75, 3.05) is 0 Å². The third kappa shape index (κ3) is 4.27. The molecule has 5 rings (SSSR count). The van der Waals surface area contributed by atoms with Gasteiger partial charge in [-0.1, -0.05) is 61.7 Å². The van der Waals surface area contributed by atoms with Crippen LogP contribution in [0.2, 0.25) is 5.02 Å². The van der Waals surface area contributed by atoms with E-state index in [1.165, 1.54) is 11.1 Å². The summed E-state index contributed by atoms with van der Waals surface area (Å²) in [5.74, 6) is 0.287. The van der Waals surface area contributed by atoms with Gasteiger partial charge < -0.3 is 9.88 Å². The van der Waals surface area contributed by atoms with Gasteiger partial charge in [0.05, 0.1) is 6.20 Å². The molecule has 1 aliphatic carbocycles. The maximum Gasteiger partial charge on any atom is 0.291 e. The molecule has 4 aromatic rings. The lowest BCUT2D eigenvalue weighted by Gasteiger charge is -2.29. The zero-order chi connectivity index (χ0) is 22.9. The normalized spacial score (nSPS) is 18.6. The summed E-state index contributed by atoms with van der Waals surface area (Å²) < 4.78 is 3.27. The van der Waals surface area contributed by atoms with Crippen LogP contribution in [0.3, 0.4) is 0 Å². The summed E-state index contributed by atoms with van der Waals surface area (Å²) in [5.41, 5.74) is 2.23. The molecule has 1 amide bonds. The van der Waals surface area contributed by atoms with Gasteiger partial charge in [-0.2, -0.15) is 5.10 Å². The van der Waals surface area contributed by atoms with Crippen LogP contribution in [-0.2, 0) is 17.9 Å². The van der Waals surface area contributed by atoms with Crippen molar-refractivity contribution in [2.24, 2.45) is 5.92 Å². The largest absolute Gasteiger partial charge is 0.351 e. The molecule has 0 bridgehead atoms. The minimum atomic E-state index is -0.266. The van der Waals surface area contributed by atoms with Crippen LogP contribution in [0.25, 0.3) is 21.8 Å². The number of carbonyl (C=O) groups is 1. The molecular formula is C26H27ClN4O2. The van der Waals surface area contributed by atoms with E-state index in [-0.39, 0.29) is 24.1 Å². The van der Waals surface area contributed by atoms with Gasteiger partial charge in [-0.3, -0.25) is 9.59 Å². The van der Waals surface area contributed by atoms with Crippen LogP contribution >= 0.6 is 11.6 Å². The van der Waals surface area contributed by atoms with Gasteiger partial charge in [0.15, 0.2) is 0 Å². The molecule has 1 fully saturated rings. The highest BCUT2D eigenvalue weighted by atomic mass is 35.5. The fraction of sp³-hybridized carbons (Fsp3) is 0.346. The van der Waals surface area contributed by atoms with Crippen molar-refractivity contribution in [3.05, 3.63) is 75.7 Å². The molecule has 1 N–H and O–H groups in total. The predicted molar refractivity (Wildman–Crippen MR) is 132 cm³/mol. The van der Waals surface area contributed by atoms with E-state index < -0.39 is 0 Å². The Labute approximate surface area is 197 Å². The molecule has 2 aromatic carbocycles. The van der Waals surface area contributed by atoms with E-state index in [1.54, 1.807) is 6.20 Å². The van der Waals surface area contributed by atoms with Gasteiger partial charge in [0.1, 0.15) is 12.1 Å². The number of hydrogen-bond acceptors (Lipinski definition) is 3. The molecule has 7 heteroatoms. The summed E-state index contributed by atoms with van der Waals surface area (Å²) in [4.78, 5) is 26.3. The predicted octanol–water partition coefficient (Wildman–Crippen LogP) is 4.75. The molecule has 0 spiro atoms. The molecule has 1 aliphatic rings.